The minimum Gasteiger partial charge on any atom is -0.356 e. The number of nitrogens with one attached hydrogen (secondary N) is 2. The van der Waals surface area contributed by atoms with Crippen molar-refractivity contribution < 1.29 is 0 Å². The Labute approximate surface area is 114 Å². The lowest BCUT2D eigenvalue weighted by atomic mass is 9.95. The van der Waals surface area contributed by atoms with Crippen molar-refractivity contribution in [3.8, 4) is 0 Å². The zero-order valence-corrected chi connectivity index (χ0v) is 12.1. The first-order chi connectivity index (χ1) is 8.59. The van der Waals surface area contributed by atoms with Gasteiger partial charge in [-0.15, -0.1) is 0 Å². The van der Waals surface area contributed by atoms with Crippen LogP contribution in [0.5, 0.6) is 0 Å². The Balaban J connectivity index is 2.20. The number of fused-ring (bicyclic) bond motifs is 1. The van der Waals surface area contributed by atoms with Crippen LogP contribution < -0.4 is 5.32 Å². The number of H-pyrrole nitrogens is 1. The molecule has 18 heavy (non-hydrogen) atoms. The van der Waals surface area contributed by atoms with Gasteiger partial charge in [0.05, 0.1) is 5.02 Å². The number of rotatable bonds is 5. The lowest BCUT2D eigenvalue weighted by Crippen LogP contribution is -2.40. The van der Waals surface area contributed by atoms with E-state index in [1.54, 1.807) is 0 Å². The second-order valence-corrected chi connectivity index (χ2v) is 5.46. The van der Waals surface area contributed by atoms with E-state index >= 15 is 0 Å². The van der Waals surface area contributed by atoms with Crippen molar-refractivity contribution >= 4 is 22.5 Å². The van der Waals surface area contributed by atoms with Crippen LogP contribution in [-0.4, -0.2) is 10.5 Å². The average Bonchev–Trinajstić information content (AvgIpc) is 2.73. The van der Waals surface area contributed by atoms with Gasteiger partial charge in [-0.3, -0.25) is 0 Å². The summed E-state index contributed by atoms with van der Waals surface area (Å²) in [7, 11) is 0. The van der Waals surface area contributed by atoms with Crippen LogP contribution in [0.2, 0.25) is 5.02 Å². The second-order valence-electron chi connectivity index (χ2n) is 5.08. The van der Waals surface area contributed by atoms with Crippen LogP contribution in [0, 0.1) is 0 Å². The summed E-state index contributed by atoms with van der Waals surface area (Å²) >= 11 is 6.40. The number of hydrogen-bond acceptors (Lipinski definition) is 1. The van der Waals surface area contributed by atoms with Crippen LogP contribution >= 0.6 is 11.6 Å². The molecule has 1 aromatic carbocycles. The molecule has 0 spiro atoms. The Bertz CT molecular complexity index is 526. The zero-order chi connectivity index (χ0) is 13.2. The SMILES string of the molecule is CCC(C)(CC)NCc1[nH]c2ccccc2c1Cl. The predicted molar refractivity (Wildman–Crippen MR) is 79.1 cm³/mol. The van der Waals surface area contributed by atoms with Crippen molar-refractivity contribution in [3.63, 3.8) is 0 Å². The fourth-order valence-corrected chi connectivity index (χ4v) is 2.37. The minimum atomic E-state index is 0.181. The van der Waals surface area contributed by atoms with Gasteiger partial charge in [0.1, 0.15) is 0 Å². The van der Waals surface area contributed by atoms with Crippen molar-refractivity contribution in [2.24, 2.45) is 0 Å². The third kappa shape index (κ3) is 2.55. The number of aromatic nitrogens is 1. The van der Waals surface area contributed by atoms with E-state index in [0.717, 1.165) is 41.0 Å². The van der Waals surface area contributed by atoms with Crippen molar-refractivity contribution in [3.05, 3.63) is 35.0 Å². The monoisotopic (exact) mass is 264 g/mol. The molecule has 1 heterocycles. The molecule has 0 fully saturated rings. The van der Waals surface area contributed by atoms with Gasteiger partial charge in [0.15, 0.2) is 0 Å². The minimum absolute atomic E-state index is 0.181. The van der Waals surface area contributed by atoms with Crippen molar-refractivity contribution in [1.29, 1.82) is 0 Å². The first kappa shape index (κ1) is 13.4. The van der Waals surface area contributed by atoms with Crippen LogP contribution in [-0.2, 0) is 6.54 Å². The maximum Gasteiger partial charge on any atom is 0.0705 e. The average molecular weight is 265 g/mol. The molecular weight excluding hydrogens is 244 g/mol. The molecule has 0 unspecified atom stereocenters. The quantitative estimate of drug-likeness (QED) is 0.818. The second kappa shape index (κ2) is 5.33. The van der Waals surface area contributed by atoms with Crippen LogP contribution in [0.4, 0.5) is 0 Å². The number of benzene rings is 1. The van der Waals surface area contributed by atoms with Gasteiger partial charge >= 0.3 is 0 Å². The third-order valence-electron chi connectivity index (χ3n) is 3.97. The van der Waals surface area contributed by atoms with Gasteiger partial charge in [0, 0.05) is 28.7 Å². The van der Waals surface area contributed by atoms with E-state index in [1.165, 1.54) is 0 Å². The Morgan fingerprint density at radius 2 is 1.89 bits per heavy atom. The highest BCUT2D eigenvalue weighted by molar-refractivity contribution is 6.36. The van der Waals surface area contributed by atoms with Crippen molar-refractivity contribution in [2.45, 2.75) is 45.7 Å². The first-order valence-corrected chi connectivity index (χ1v) is 6.97. The standard InChI is InChI=1S/C15H21ClN2/c1-4-15(3,5-2)17-10-13-14(16)11-8-6-7-9-12(11)18-13/h6-9,17-18H,4-5,10H2,1-3H3. The van der Waals surface area contributed by atoms with Gasteiger partial charge < -0.3 is 10.3 Å². The van der Waals surface area contributed by atoms with Gasteiger partial charge in [-0.25, -0.2) is 0 Å². The molecular formula is C15H21ClN2. The first-order valence-electron chi connectivity index (χ1n) is 6.59. The van der Waals surface area contributed by atoms with E-state index in [0.29, 0.717) is 0 Å². The van der Waals surface area contributed by atoms with Gasteiger partial charge in [0.25, 0.3) is 0 Å². The Morgan fingerprint density at radius 3 is 2.50 bits per heavy atom. The molecule has 0 aliphatic carbocycles. The van der Waals surface area contributed by atoms with E-state index in [1.807, 2.05) is 12.1 Å². The molecule has 2 aromatic rings. The maximum absolute atomic E-state index is 6.40. The largest absolute Gasteiger partial charge is 0.356 e. The van der Waals surface area contributed by atoms with E-state index < -0.39 is 0 Å². The molecule has 0 saturated heterocycles. The van der Waals surface area contributed by atoms with Crippen LogP contribution in [0.1, 0.15) is 39.3 Å². The highest BCUT2D eigenvalue weighted by Crippen LogP contribution is 2.27. The number of aromatic amines is 1. The molecule has 0 atom stereocenters. The molecule has 0 amide bonds. The molecule has 98 valence electrons. The fourth-order valence-electron chi connectivity index (χ4n) is 2.09. The van der Waals surface area contributed by atoms with E-state index in [9.17, 15) is 0 Å². The van der Waals surface area contributed by atoms with Crippen molar-refractivity contribution in [2.75, 3.05) is 0 Å². The summed E-state index contributed by atoms with van der Waals surface area (Å²) in [6.45, 7) is 7.46. The molecule has 2 N–H and O–H groups in total. The van der Waals surface area contributed by atoms with E-state index in [-0.39, 0.29) is 5.54 Å². The molecule has 0 radical (unpaired) electrons. The lowest BCUT2D eigenvalue weighted by molar-refractivity contribution is 0.328. The lowest BCUT2D eigenvalue weighted by Gasteiger charge is -2.28. The molecule has 0 aliphatic heterocycles. The molecule has 1 aromatic heterocycles. The predicted octanol–water partition coefficient (Wildman–Crippen LogP) is 4.49. The topological polar surface area (TPSA) is 27.8 Å². The molecule has 2 rings (SSSR count). The van der Waals surface area contributed by atoms with Crippen molar-refractivity contribution in [1.82, 2.24) is 10.3 Å². The normalized spacial score (nSPS) is 12.2. The van der Waals surface area contributed by atoms with Gasteiger partial charge in [-0.05, 0) is 25.8 Å². The Kier molecular flexibility index (Phi) is 3.98. The highest BCUT2D eigenvalue weighted by Gasteiger charge is 2.19. The summed E-state index contributed by atoms with van der Waals surface area (Å²) < 4.78 is 0. The highest BCUT2D eigenvalue weighted by atomic mass is 35.5. The fraction of sp³-hybridized carbons (Fsp3) is 0.467. The summed E-state index contributed by atoms with van der Waals surface area (Å²) in [4.78, 5) is 3.39. The van der Waals surface area contributed by atoms with Gasteiger partial charge in [0.2, 0.25) is 0 Å². The Hall–Kier alpha value is -0.990. The van der Waals surface area contributed by atoms with Crippen LogP contribution in [0.15, 0.2) is 24.3 Å². The maximum atomic E-state index is 6.40. The van der Waals surface area contributed by atoms with Crippen LogP contribution in [0.3, 0.4) is 0 Å². The summed E-state index contributed by atoms with van der Waals surface area (Å²) in [6.07, 6.45) is 2.22. The van der Waals surface area contributed by atoms with E-state index in [4.69, 9.17) is 11.6 Å². The van der Waals surface area contributed by atoms with E-state index in [2.05, 4.69) is 43.2 Å². The third-order valence-corrected chi connectivity index (χ3v) is 4.40. The summed E-state index contributed by atoms with van der Waals surface area (Å²) in [6, 6.07) is 8.15. The number of hydrogen-bond donors (Lipinski definition) is 2. The molecule has 3 heteroatoms. The Morgan fingerprint density at radius 1 is 1.22 bits per heavy atom. The zero-order valence-electron chi connectivity index (χ0n) is 11.3. The number of halogens is 1. The summed E-state index contributed by atoms with van der Waals surface area (Å²) in [5.74, 6) is 0. The number of para-hydroxylation sites is 1. The molecule has 0 saturated carbocycles. The molecule has 0 aliphatic rings. The summed E-state index contributed by atoms with van der Waals surface area (Å²) in [5, 5.41) is 5.54. The van der Waals surface area contributed by atoms with Gasteiger partial charge in [-0.1, -0.05) is 43.6 Å². The van der Waals surface area contributed by atoms with Crippen LogP contribution in [0.25, 0.3) is 10.9 Å². The summed E-state index contributed by atoms with van der Waals surface area (Å²) in [5.41, 5.74) is 2.36. The van der Waals surface area contributed by atoms with Gasteiger partial charge in [-0.2, -0.15) is 0 Å². The molecule has 0 bridgehead atoms. The molecule has 2 nitrogen and oxygen atoms in total. The smallest absolute Gasteiger partial charge is 0.0705 e.